The molecule has 1 aliphatic heterocycles. The molecule has 0 N–H and O–H groups in total. The second kappa shape index (κ2) is 5.03. The molecule has 1 atom stereocenters. The van der Waals surface area contributed by atoms with Crippen molar-refractivity contribution >= 4 is 0 Å². The molecule has 0 radical (unpaired) electrons. The standard InChI is InChI=1S/C11H19NO3/c13-12-8-9-14-10-4-7-11(15-10)5-2-1-3-6-11/h10H,1-9H2. The Labute approximate surface area is 90.3 Å². The lowest BCUT2D eigenvalue weighted by atomic mass is 9.83. The lowest BCUT2D eigenvalue weighted by molar-refractivity contribution is -0.175. The largest absolute Gasteiger partial charge is 0.351 e. The molecule has 4 nitrogen and oxygen atoms in total. The lowest BCUT2D eigenvalue weighted by Crippen LogP contribution is -2.32. The average Bonchev–Trinajstić information content (AvgIpc) is 2.63. The molecule has 15 heavy (non-hydrogen) atoms. The molecule has 0 aromatic carbocycles. The molecule has 1 aliphatic carbocycles. The second-order valence-electron chi connectivity index (χ2n) is 4.55. The zero-order valence-electron chi connectivity index (χ0n) is 9.11. The van der Waals surface area contributed by atoms with Gasteiger partial charge in [-0.1, -0.05) is 24.4 Å². The molecule has 2 fully saturated rings. The minimum atomic E-state index is -0.0927. The highest BCUT2D eigenvalue weighted by molar-refractivity contribution is 4.89. The topological polar surface area (TPSA) is 47.9 Å². The van der Waals surface area contributed by atoms with Crippen LogP contribution in [0, 0.1) is 4.91 Å². The molecule has 0 bridgehead atoms. The first-order valence-electron chi connectivity index (χ1n) is 5.93. The van der Waals surface area contributed by atoms with Crippen LogP contribution >= 0.6 is 0 Å². The van der Waals surface area contributed by atoms with Gasteiger partial charge in [0.25, 0.3) is 0 Å². The van der Waals surface area contributed by atoms with Crippen molar-refractivity contribution in [1.29, 1.82) is 0 Å². The Morgan fingerprint density at radius 3 is 2.80 bits per heavy atom. The van der Waals surface area contributed by atoms with Crippen LogP contribution in [0.15, 0.2) is 5.18 Å². The van der Waals surface area contributed by atoms with Gasteiger partial charge in [0.1, 0.15) is 6.54 Å². The molecule has 2 rings (SSSR count). The van der Waals surface area contributed by atoms with E-state index in [2.05, 4.69) is 5.18 Å². The van der Waals surface area contributed by atoms with Gasteiger partial charge >= 0.3 is 0 Å². The summed E-state index contributed by atoms with van der Waals surface area (Å²) in [6.07, 6.45) is 8.25. The van der Waals surface area contributed by atoms with Crippen LogP contribution < -0.4 is 0 Å². The van der Waals surface area contributed by atoms with E-state index in [9.17, 15) is 4.91 Å². The van der Waals surface area contributed by atoms with Crippen molar-refractivity contribution in [1.82, 2.24) is 0 Å². The Morgan fingerprint density at radius 1 is 1.27 bits per heavy atom. The lowest BCUT2D eigenvalue weighted by Gasteiger charge is -2.33. The van der Waals surface area contributed by atoms with Gasteiger partial charge in [0.2, 0.25) is 0 Å². The highest BCUT2D eigenvalue weighted by atomic mass is 16.7. The van der Waals surface area contributed by atoms with Crippen LogP contribution in [0.1, 0.15) is 44.9 Å². The number of nitroso groups, excluding NO2 is 1. The van der Waals surface area contributed by atoms with Crippen LogP contribution in [0.5, 0.6) is 0 Å². The van der Waals surface area contributed by atoms with E-state index in [1.165, 1.54) is 32.1 Å². The van der Waals surface area contributed by atoms with Crippen LogP contribution in [-0.2, 0) is 9.47 Å². The van der Waals surface area contributed by atoms with Crippen molar-refractivity contribution < 1.29 is 9.47 Å². The summed E-state index contributed by atoms with van der Waals surface area (Å²) in [4.78, 5) is 9.90. The maximum Gasteiger partial charge on any atom is 0.158 e. The maximum atomic E-state index is 9.90. The Hall–Kier alpha value is -0.480. The highest BCUT2D eigenvalue weighted by Crippen LogP contribution is 2.41. The van der Waals surface area contributed by atoms with Gasteiger partial charge in [-0.15, -0.1) is 0 Å². The third kappa shape index (κ3) is 2.75. The fraction of sp³-hybridized carbons (Fsp3) is 1.00. The van der Waals surface area contributed by atoms with Crippen LogP contribution in [0.25, 0.3) is 0 Å². The van der Waals surface area contributed by atoms with Crippen LogP contribution in [0.4, 0.5) is 0 Å². The number of hydrogen-bond acceptors (Lipinski definition) is 4. The summed E-state index contributed by atoms with van der Waals surface area (Å²) in [5, 5.41) is 2.77. The summed E-state index contributed by atoms with van der Waals surface area (Å²) >= 11 is 0. The van der Waals surface area contributed by atoms with Gasteiger partial charge in [0.05, 0.1) is 12.2 Å². The van der Waals surface area contributed by atoms with E-state index in [0.29, 0.717) is 6.61 Å². The summed E-state index contributed by atoms with van der Waals surface area (Å²) < 4.78 is 11.4. The molecule has 1 saturated carbocycles. The Kier molecular flexibility index (Phi) is 3.70. The van der Waals surface area contributed by atoms with Gasteiger partial charge in [0.15, 0.2) is 6.29 Å². The monoisotopic (exact) mass is 213 g/mol. The number of hydrogen-bond donors (Lipinski definition) is 0. The van der Waals surface area contributed by atoms with E-state index >= 15 is 0 Å². The molecule has 86 valence electrons. The zero-order chi connectivity index (χ0) is 10.6. The molecule has 1 spiro atoms. The van der Waals surface area contributed by atoms with Crippen molar-refractivity contribution in [2.45, 2.75) is 56.8 Å². The number of ether oxygens (including phenoxy) is 2. The number of nitrogens with zero attached hydrogens (tertiary/aromatic N) is 1. The number of rotatable bonds is 4. The second-order valence-corrected chi connectivity index (χ2v) is 4.55. The Bertz CT molecular complexity index is 214. The molecule has 1 saturated heterocycles. The van der Waals surface area contributed by atoms with Crippen LogP contribution in [0.3, 0.4) is 0 Å². The van der Waals surface area contributed by atoms with Gasteiger partial charge < -0.3 is 9.47 Å². The smallest absolute Gasteiger partial charge is 0.158 e. The van der Waals surface area contributed by atoms with Crippen LogP contribution in [-0.4, -0.2) is 25.0 Å². The highest BCUT2D eigenvalue weighted by Gasteiger charge is 2.41. The molecule has 2 aliphatic rings. The minimum Gasteiger partial charge on any atom is -0.351 e. The molecular formula is C11H19NO3. The molecule has 0 amide bonds. The van der Waals surface area contributed by atoms with Crippen molar-refractivity contribution in [3.63, 3.8) is 0 Å². The van der Waals surface area contributed by atoms with E-state index < -0.39 is 0 Å². The van der Waals surface area contributed by atoms with Gasteiger partial charge in [0, 0.05) is 6.42 Å². The summed E-state index contributed by atoms with van der Waals surface area (Å²) in [5.41, 5.74) is 0.109. The molecule has 1 heterocycles. The van der Waals surface area contributed by atoms with E-state index in [0.717, 1.165) is 12.8 Å². The maximum absolute atomic E-state index is 9.90. The molecular weight excluding hydrogens is 194 g/mol. The van der Waals surface area contributed by atoms with Gasteiger partial charge in [-0.2, -0.15) is 4.91 Å². The third-order valence-corrected chi connectivity index (χ3v) is 3.47. The summed E-state index contributed by atoms with van der Waals surface area (Å²) in [6.45, 7) is 0.622. The third-order valence-electron chi connectivity index (χ3n) is 3.47. The van der Waals surface area contributed by atoms with E-state index in [-0.39, 0.29) is 18.4 Å². The fourth-order valence-electron chi connectivity index (χ4n) is 2.68. The van der Waals surface area contributed by atoms with Crippen molar-refractivity contribution in [2.75, 3.05) is 13.2 Å². The molecule has 0 aromatic heterocycles. The van der Waals surface area contributed by atoms with E-state index in [1.54, 1.807) is 0 Å². The van der Waals surface area contributed by atoms with Gasteiger partial charge in [-0.05, 0) is 19.3 Å². The normalized spacial score (nSPS) is 29.5. The SMILES string of the molecule is O=NCCOC1CCC2(CCCCC2)O1. The van der Waals surface area contributed by atoms with E-state index in [4.69, 9.17) is 9.47 Å². The van der Waals surface area contributed by atoms with Crippen molar-refractivity contribution in [3.05, 3.63) is 4.91 Å². The van der Waals surface area contributed by atoms with Crippen LogP contribution in [0.2, 0.25) is 0 Å². The predicted molar refractivity (Wildman–Crippen MR) is 56.5 cm³/mol. The van der Waals surface area contributed by atoms with Crippen molar-refractivity contribution in [3.8, 4) is 0 Å². The minimum absolute atomic E-state index is 0.0927. The summed E-state index contributed by atoms with van der Waals surface area (Å²) in [6, 6.07) is 0. The Balaban J connectivity index is 1.75. The first kappa shape index (κ1) is 11.0. The first-order chi connectivity index (χ1) is 7.35. The summed E-state index contributed by atoms with van der Waals surface area (Å²) in [5.74, 6) is 0. The zero-order valence-corrected chi connectivity index (χ0v) is 9.11. The average molecular weight is 213 g/mol. The first-order valence-corrected chi connectivity index (χ1v) is 5.93. The van der Waals surface area contributed by atoms with Crippen molar-refractivity contribution in [2.24, 2.45) is 5.18 Å². The summed E-state index contributed by atoms with van der Waals surface area (Å²) in [7, 11) is 0. The van der Waals surface area contributed by atoms with E-state index in [1.807, 2.05) is 0 Å². The Morgan fingerprint density at radius 2 is 2.07 bits per heavy atom. The molecule has 1 unspecified atom stereocenters. The fourth-order valence-corrected chi connectivity index (χ4v) is 2.68. The molecule has 0 aromatic rings. The van der Waals surface area contributed by atoms with Gasteiger partial charge in [-0.3, -0.25) is 0 Å². The molecule has 4 heteroatoms. The van der Waals surface area contributed by atoms with Gasteiger partial charge in [-0.25, -0.2) is 0 Å². The quantitative estimate of drug-likeness (QED) is 0.532. The predicted octanol–water partition coefficient (Wildman–Crippen LogP) is 2.61.